The molecule has 5 nitrogen and oxygen atoms in total. The molecule has 1 aromatic carbocycles. The summed E-state index contributed by atoms with van der Waals surface area (Å²) in [5, 5.41) is 3.71. The summed E-state index contributed by atoms with van der Waals surface area (Å²) in [4.78, 5) is 20.3. The number of aromatic nitrogens is 2. The summed E-state index contributed by atoms with van der Waals surface area (Å²) in [6, 6.07) is 7.04. The van der Waals surface area contributed by atoms with Crippen LogP contribution >= 0.6 is 22.9 Å². The summed E-state index contributed by atoms with van der Waals surface area (Å²) in [6.07, 6.45) is 2.96. The number of carbonyl (C=O) groups excluding carboxylic acids is 1. The lowest BCUT2D eigenvalue weighted by atomic mass is 10.2. The number of pyridine rings is 1. The molecule has 21 heavy (non-hydrogen) atoms. The number of rotatable bonds is 3. The van der Waals surface area contributed by atoms with Crippen molar-refractivity contribution in [2.75, 3.05) is 12.4 Å². The average Bonchev–Trinajstić information content (AvgIpc) is 2.90. The Balaban J connectivity index is 1.87. The second kappa shape index (κ2) is 5.67. The number of halogens is 1. The Hall–Kier alpha value is -2.18. The van der Waals surface area contributed by atoms with Crippen LogP contribution in [0.3, 0.4) is 0 Å². The first-order valence-corrected chi connectivity index (χ1v) is 7.22. The molecule has 0 saturated carbocycles. The first-order valence-electron chi connectivity index (χ1n) is 6.03. The standard InChI is InChI=1S/C14H10ClN3O2S/c1-20-14-18-11-3-2-8(6-12(11)21-14)17-13(19)9-4-5-16-7-10(9)15/h2-7H,1H3,(H,17,19). The highest BCUT2D eigenvalue weighted by Gasteiger charge is 2.11. The van der Waals surface area contributed by atoms with Crippen LogP contribution in [0.25, 0.3) is 10.2 Å². The lowest BCUT2D eigenvalue weighted by Crippen LogP contribution is -2.12. The highest BCUT2D eigenvalue weighted by atomic mass is 35.5. The second-order valence-electron chi connectivity index (χ2n) is 4.18. The van der Waals surface area contributed by atoms with E-state index in [9.17, 15) is 4.79 Å². The molecular weight excluding hydrogens is 310 g/mol. The second-order valence-corrected chi connectivity index (χ2v) is 5.58. The number of thiazole rings is 1. The number of ether oxygens (including phenoxy) is 1. The molecule has 0 radical (unpaired) electrons. The normalized spacial score (nSPS) is 10.6. The summed E-state index contributed by atoms with van der Waals surface area (Å²) < 4.78 is 6.04. The van der Waals surface area contributed by atoms with Gasteiger partial charge in [-0.15, -0.1) is 0 Å². The number of hydrogen-bond donors (Lipinski definition) is 1. The van der Waals surface area contributed by atoms with Crippen LogP contribution in [-0.2, 0) is 0 Å². The third-order valence-corrected chi connectivity index (χ3v) is 4.10. The van der Waals surface area contributed by atoms with Gasteiger partial charge in [0.1, 0.15) is 0 Å². The maximum absolute atomic E-state index is 12.2. The molecule has 0 fully saturated rings. The van der Waals surface area contributed by atoms with Gasteiger partial charge in [-0.1, -0.05) is 22.9 Å². The highest BCUT2D eigenvalue weighted by molar-refractivity contribution is 7.20. The monoisotopic (exact) mass is 319 g/mol. The van der Waals surface area contributed by atoms with Crippen molar-refractivity contribution in [3.63, 3.8) is 0 Å². The fourth-order valence-corrected chi connectivity index (χ4v) is 2.85. The minimum absolute atomic E-state index is 0.279. The fourth-order valence-electron chi connectivity index (χ4n) is 1.83. The number of amides is 1. The van der Waals surface area contributed by atoms with Crippen molar-refractivity contribution in [3.05, 3.63) is 47.2 Å². The summed E-state index contributed by atoms with van der Waals surface area (Å²) in [6.45, 7) is 0. The van der Waals surface area contributed by atoms with Gasteiger partial charge in [-0.25, -0.2) is 4.98 Å². The Labute approximate surface area is 129 Å². The quantitative estimate of drug-likeness (QED) is 0.801. The zero-order chi connectivity index (χ0) is 14.8. The molecule has 0 spiro atoms. The SMILES string of the molecule is COc1nc2ccc(NC(=O)c3ccncc3Cl)cc2s1. The van der Waals surface area contributed by atoms with E-state index in [1.54, 1.807) is 19.2 Å². The number of methoxy groups -OCH3 is 1. The number of benzene rings is 1. The Bertz CT molecular complexity index is 819. The van der Waals surface area contributed by atoms with E-state index in [4.69, 9.17) is 16.3 Å². The molecule has 0 atom stereocenters. The summed E-state index contributed by atoms with van der Waals surface area (Å²) in [5.74, 6) is -0.279. The van der Waals surface area contributed by atoms with Gasteiger partial charge in [-0.3, -0.25) is 9.78 Å². The van der Waals surface area contributed by atoms with Gasteiger partial charge in [-0.05, 0) is 24.3 Å². The molecule has 3 aromatic rings. The number of nitrogens with one attached hydrogen (secondary N) is 1. The summed E-state index contributed by atoms with van der Waals surface area (Å²) in [7, 11) is 1.58. The van der Waals surface area contributed by atoms with Crippen LogP contribution in [0, 0.1) is 0 Å². The van der Waals surface area contributed by atoms with E-state index in [-0.39, 0.29) is 5.91 Å². The molecule has 0 aliphatic heterocycles. The van der Waals surface area contributed by atoms with E-state index in [1.165, 1.54) is 23.7 Å². The summed E-state index contributed by atoms with van der Waals surface area (Å²) in [5.41, 5.74) is 1.89. The van der Waals surface area contributed by atoms with Crippen LogP contribution in [0.15, 0.2) is 36.7 Å². The smallest absolute Gasteiger partial charge is 0.274 e. The zero-order valence-corrected chi connectivity index (χ0v) is 12.5. The van der Waals surface area contributed by atoms with Gasteiger partial charge in [0.15, 0.2) is 0 Å². The predicted octanol–water partition coefficient (Wildman–Crippen LogP) is 3.61. The molecule has 1 N–H and O–H groups in total. The Kier molecular flexibility index (Phi) is 3.72. The van der Waals surface area contributed by atoms with Gasteiger partial charge in [0.25, 0.3) is 11.1 Å². The maximum Gasteiger partial charge on any atom is 0.274 e. The van der Waals surface area contributed by atoms with Crippen molar-refractivity contribution in [1.29, 1.82) is 0 Å². The Morgan fingerprint density at radius 1 is 1.38 bits per heavy atom. The molecule has 0 saturated heterocycles. The van der Waals surface area contributed by atoms with Crippen molar-refractivity contribution >= 4 is 44.7 Å². The number of hydrogen-bond acceptors (Lipinski definition) is 5. The molecule has 3 rings (SSSR count). The number of nitrogens with zero attached hydrogens (tertiary/aromatic N) is 2. The van der Waals surface area contributed by atoms with Gasteiger partial charge < -0.3 is 10.1 Å². The largest absolute Gasteiger partial charge is 0.473 e. The van der Waals surface area contributed by atoms with Crippen LogP contribution in [0.4, 0.5) is 5.69 Å². The number of anilines is 1. The van der Waals surface area contributed by atoms with Crippen LogP contribution in [0.2, 0.25) is 5.02 Å². The van der Waals surface area contributed by atoms with Crippen LogP contribution in [-0.4, -0.2) is 23.0 Å². The third kappa shape index (κ3) is 2.81. The van der Waals surface area contributed by atoms with E-state index in [0.717, 1.165) is 10.2 Å². The molecule has 0 aliphatic rings. The van der Waals surface area contributed by atoms with Gasteiger partial charge in [0.05, 0.1) is 27.9 Å². The highest BCUT2D eigenvalue weighted by Crippen LogP contribution is 2.29. The molecule has 106 valence electrons. The fraction of sp³-hybridized carbons (Fsp3) is 0.0714. The third-order valence-electron chi connectivity index (χ3n) is 2.82. The maximum atomic E-state index is 12.2. The zero-order valence-electron chi connectivity index (χ0n) is 11.0. The van der Waals surface area contributed by atoms with E-state index in [0.29, 0.717) is 21.5 Å². The molecule has 2 heterocycles. The van der Waals surface area contributed by atoms with Crippen molar-refractivity contribution in [1.82, 2.24) is 9.97 Å². The molecule has 0 bridgehead atoms. The van der Waals surface area contributed by atoms with Crippen molar-refractivity contribution in [3.8, 4) is 5.19 Å². The predicted molar refractivity (Wildman–Crippen MR) is 83.4 cm³/mol. The van der Waals surface area contributed by atoms with Gasteiger partial charge in [-0.2, -0.15) is 0 Å². The molecule has 0 unspecified atom stereocenters. The van der Waals surface area contributed by atoms with Gasteiger partial charge >= 0.3 is 0 Å². The molecule has 1 amide bonds. The van der Waals surface area contributed by atoms with E-state index < -0.39 is 0 Å². The topological polar surface area (TPSA) is 64.1 Å². The minimum atomic E-state index is -0.279. The summed E-state index contributed by atoms with van der Waals surface area (Å²) >= 11 is 7.37. The van der Waals surface area contributed by atoms with Crippen LogP contribution < -0.4 is 10.1 Å². The Morgan fingerprint density at radius 3 is 3.00 bits per heavy atom. The lowest BCUT2D eigenvalue weighted by Gasteiger charge is -2.06. The Morgan fingerprint density at radius 2 is 2.24 bits per heavy atom. The number of fused-ring (bicyclic) bond motifs is 1. The van der Waals surface area contributed by atoms with Gasteiger partial charge in [0, 0.05) is 18.1 Å². The average molecular weight is 320 g/mol. The van der Waals surface area contributed by atoms with Crippen molar-refractivity contribution in [2.45, 2.75) is 0 Å². The van der Waals surface area contributed by atoms with E-state index in [2.05, 4.69) is 15.3 Å². The van der Waals surface area contributed by atoms with E-state index >= 15 is 0 Å². The molecule has 0 aliphatic carbocycles. The minimum Gasteiger partial charge on any atom is -0.473 e. The first kappa shape index (κ1) is 13.8. The van der Waals surface area contributed by atoms with Crippen molar-refractivity contribution in [2.24, 2.45) is 0 Å². The lowest BCUT2D eigenvalue weighted by molar-refractivity contribution is 0.102. The molecular formula is C14H10ClN3O2S. The van der Waals surface area contributed by atoms with Crippen molar-refractivity contribution < 1.29 is 9.53 Å². The molecule has 7 heteroatoms. The van der Waals surface area contributed by atoms with Crippen LogP contribution in [0.1, 0.15) is 10.4 Å². The number of carbonyl (C=O) groups is 1. The van der Waals surface area contributed by atoms with Gasteiger partial charge in [0.2, 0.25) is 0 Å². The van der Waals surface area contributed by atoms with Crippen LogP contribution in [0.5, 0.6) is 5.19 Å². The van der Waals surface area contributed by atoms with E-state index in [1.807, 2.05) is 12.1 Å². The first-order chi connectivity index (χ1) is 10.2. The molecule has 2 aromatic heterocycles.